The summed E-state index contributed by atoms with van der Waals surface area (Å²) in [6, 6.07) is 6.97. The van der Waals surface area contributed by atoms with Gasteiger partial charge < -0.3 is 10.2 Å². The molecule has 3 heteroatoms. The maximum Gasteiger partial charge on any atom is 0.251 e. The fourth-order valence-corrected chi connectivity index (χ4v) is 2.80. The Kier molecular flexibility index (Phi) is 4.81. The molecular formula is C17H26N2O. The number of amides is 1. The average Bonchev–Trinajstić information content (AvgIpc) is 2.42. The molecule has 0 aromatic heterocycles. The minimum absolute atomic E-state index is 0.0780. The number of hydrogen-bond acceptors (Lipinski definition) is 2. The van der Waals surface area contributed by atoms with E-state index in [-0.39, 0.29) is 5.91 Å². The number of carbonyl (C=O) groups is 1. The maximum absolute atomic E-state index is 12.4. The van der Waals surface area contributed by atoms with Crippen LogP contribution in [0.2, 0.25) is 0 Å². The van der Waals surface area contributed by atoms with Crippen LogP contribution in [0.25, 0.3) is 0 Å². The van der Waals surface area contributed by atoms with E-state index in [2.05, 4.69) is 24.1 Å². The molecule has 20 heavy (non-hydrogen) atoms. The third-order valence-corrected chi connectivity index (χ3v) is 4.23. The van der Waals surface area contributed by atoms with Crippen LogP contribution in [0, 0.1) is 13.8 Å². The van der Waals surface area contributed by atoms with Gasteiger partial charge in [0.05, 0.1) is 0 Å². The van der Waals surface area contributed by atoms with Gasteiger partial charge in [-0.2, -0.15) is 0 Å². The number of carbonyl (C=O) groups excluding carboxylic acids is 1. The molecule has 0 saturated carbocycles. The molecule has 2 rings (SSSR count). The number of rotatable bonds is 3. The number of aryl methyl sites for hydroxylation is 2. The highest BCUT2D eigenvalue weighted by Crippen LogP contribution is 2.15. The van der Waals surface area contributed by atoms with Crippen molar-refractivity contribution in [2.45, 2.75) is 52.6 Å². The first kappa shape index (κ1) is 15.0. The van der Waals surface area contributed by atoms with Gasteiger partial charge in [-0.05, 0) is 52.2 Å². The zero-order valence-electron chi connectivity index (χ0n) is 13.1. The van der Waals surface area contributed by atoms with Crippen LogP contribution in [0.1, 0.15) is 48.2 Å². The number of hydrogen-bond donors (Lipinski definition) is 1. The third kappa shape index (κ3) is 3.60. The van der Waals surface area contributed by atoms with Gasteiger partial charge in [0.15, 0.2) is 0 Å². The van der Waals surface area contributed by atoms with E-state index < -0.39 is 0 Å². The Bertz CT molecular complexity index is 474. The van der Waals surface area contributed by atoms with E-state index in [4.69, 9.17) is 0 Å². The topological polar surface area (TPSA) is 32.3 Å². The van der Waals surface area contributed by atoms with Crippen LogP contribution in [-0.2, 0) is 0 Å². The zero-order valence-corrected chi connectivity index (χ0v) is 13.1. The van der Waals surface area contributed by atoms with E-state index in [1.54, 1.807) is 0 Å². The van der Waals surface area contributed by atoms with E-state index in [9.17, 15) is 4.79 Å². The summed E-state index contributed by atoms with van der Waals surface area (Å²) >= 11 is 0. The molecule has 1 aromatic carbocycles. The molecule has 0 spiro atoms. The Morgan fingerprint density at radius 2 is 1.90 bits per heavy atom. The van der Waals surface area contributed by atoms with Crippen molar-refractivity contribution in [2.24, 2.45) is 0 Å². The van der Waals surface area contributed by atoms with Gasteiger partial charge in [-0.3, -0.25) is 4.79 Å². The van der Waals surface area contributed by atoms with Gasteiger partial charge >= 0.3 is 0 Å². The van der Waals surface area contributed by atoms with Crippen molar-refractivity contribution in [3.8, 4) is 0 Å². The van der Waals surface area contributed by atoms with Gasteiger partial charge in [0.1, 0.15) is 0 Å². The summed E-state index contributed by atoms with van der Waals surface area (Å²) < 4.78 is 0. The van der Waals surface area contributed by atoms with Crippen LogP contribution in [0.15, 0.2) is 18.2 Å². The van der Waals surface area contributed by atoms with Crippen LogP contribution in [0.3, 0.4) is 0 Å². The van der Waals surface area contributed by atoms with Crippen LogP contribution in [0.5, 0.6) is 0 Å². The minimum atomic E-state index is 0.0780. The summed E-state index contributed by atoms with van der Waals surface area (Å²) in [5, 5.41) is 3.20. The Hall–Kier alpha value is -1.35. The van der Waals surface area contributed by atoms with Crippen molar-refractivity contribution in [3.63, 3.8) is 0 Å². The Balaban J connectivity index is 1.94. The van der Waals surface area contributed by atoms with Gasteiger partial charge in [-0.15, -0.1) is 0 Å². The molecule has 110 valence electrons. The molecule has 1 aliphatic rings. The lowest BCUT2D eigenvalue weighted by Gasteiger charge is -2.34. The fourth-order valence-electron chi connectivity index (χ4n) is 2.80. The summed E-state index contributed by atoms with van der Waals surface area (Å²) in [6.45, 7) is 10.6. The molecule has 0 unspecified atom stereocenters. The molecule has 1 N–H and O–H groups in total. The number of nitrogens with zero attached hydrogens (tertiary/aromatic N) is 1. The van der Waals surface area contributed by atoms with Gasteiger partial charge in [-0.1, -0.05) is 17.7 Å². The molecule has 0 aliphatic carbocycles. The standard InChI is InChI=1S/C17H26N2O/c1-12(2)19-9-7-15(8-10-19)18-17(20)16-11-13(3)5-6-14(16)4/h5-6,11-12,15H,7-10H2,1-4H3,(H,18,20). The molecule has 1 heterocycles. The molecule has 1 saturated heterocycles. The first-order valence-corrected chi connectivity index (χ1v) is 7.59. The number of likely N-dealkylation sites (tertiary alicyclic amines) is 1. The zero-order chi connectivity index (χ0) is 14.7. The minimum Gasteiger partial charge on any atom is -0.349 e. The van der Waals surface area contributed by atoms with Crippen LogP contribution in [-0.4, -0.2) is 36.0 Å². The average molecular weight is 274 g/mol. The lowest BCUT2D eigenvalue weighted by Crippen LogP contribution is -2.46. The Morgan fingerprint density at radius 1 is 1.25 bits per heavy atom. The lowest BCUT2D eigenvalue weighted by molar-refractivity contribution is 0.0900. The first-order chi connectivity index (χ1) is 9.47. The van der Waals surface area contributed by atoms with Crippen molar-refractivity contribution < 1.29 is 4.79 Å². The van der Waals surface area contributed by atoms with E-state index in [0.29, 0.717) is 12.1 Å². The van der Waals surface area contributed by atoms with Crippen LogP contribution in [0.4, 0.5) is 0 Å². The SMILES string of the molecule is Cc1ccc(C)c(C(=O)NC2CCN(C(C)C)CC2)c1. The fraction of sp³-hybridized carbons (Fsp3) is 0.588. The molecule has 0 atom stereocenters. The summed E-state index contributed by atoms with van der Waals surface area (Å²) in [5.74, 6) is 0.0780. The lowest BCUT2D eigenvalue weighted by atomic mass is 10.0. The highest BCUT2D eigenvalue weighted by Gasteiger charge is 2.22. The monoisotopic (exact) mass is 274 g/mol. The molecule has 0 radical (unpaired) electrons. The maximum atomic E-state index is 12.4. The van der Waals surface area contributed by atoms with E-state index in [0.717, 1.165) is 42.6 Å². The highest BCUT2D eigenvalue weighted by atomic mass is 16.1. The number of benzene rings is 1. The van der Waals surface area contributed by atoms with E-state index >= 15 is 0 Å². The van der Waals surface area contributed by atoms with Gasteiger partial charge in [0.2, 0.25) is 0 Å². The second kappa shape index (κ2) is 6.40. The molecule has 1 aromatic rings. The molecular weight excluding hydrogens is 248 g/mol. The van der Waals surface area contributed by atoms with Crippen molar-refractivity contribution in [1.29, 1.82) is 0 Å². The summed E-state index contributed by atoms with van der Waals surface area (Å²) in [4.78, 5) is 14.8. The largest absolute Gasteiger partial charge is 0.349 e. The summed E-state index contributed by atoms with van der Waals surface area (Å²) in [6.07, 6.45) is 2.10. The van der Waals surface area contributed by atoms with E-state index in [1.165, 1.54) is 0 Å². The van der Waals surface area contributed by atoms with Gasteiger partial charge in [-0.25, -0.2) is 0 Å². The number of nitrogens with one attached hydrogen (secondary N) is 1. The molecule has 1 amide bonds. The molecule has 1 aliphatic heterocycles. The Labute approximate surface area is 122 Å². The van der Waals surface area contributed by atoms with Crippen molar-refractivity contribution in [1.82, 2.24) is 10.2 Å². The van der Waals surface area contributed by atoms with Gasteiger partial charge in [0.25, 0.3) is 5.91 Å². The second-order valence-electron chi connectivity index (χ2n) is 6.20. The highest BCUT2D eigenvalue weighted by molar-refractivity contribution is 5.96. The van der Waals surface area contributed by atoms with Gasteiger partial charge in [0, 0.05) is 30.7 Å². The summed E-state index contributed by atoms with van der Waals surface area (Å²) in [5.41, 5.74) is 3.00. The number of piperidine rings is 1. The van der Waals surface area contributed by atoms with Crippen LogP contribution >= 0.6 is 0 Å². The predicted molar refractivity (Wildman–Crippen MR) is 83.1 cm³/mol. The smallest absolute Gasteiger partial charge is 0.251 e. The van der Waals surface area contributed by atoms with Crippen molar-refractivity contribution in [2.75, 3.05) is 13.1 Å². The van der Waals surface area contributed by atoms with Crippen LogP contribution < -0.4 is 5.32 Å². The van der Waals surface area contributed by atoms with Crippen molar-refractivity contribution >= 4 is 5.91 Å². The molecule has 1 fully saturated rings. The van der Waals surface area contributed by atoms with Crippen molar-refractivity contribution in [3.05, 3.63) is 34.9 Å². The first-order valence-electron chi connectivity index (χ1n) is 7.59. The molecule has 3 nitrogen and oxygen atoms in total. The second-order valence-corrected chi connectivity index (χ2v) is 6.20. The van der Waals surface area contributed by atoms with E-state index in [1.807, 2.05) is 32.0 Å². The third-order valence-electron chi connectivity index (χ3n) is 4.23. The summed E-state index contributed by atoms with van der Waals surface area (Å²) in [7, 11) is 0. The predicted octanol–water partition coefficient (Wildman–Crippen LogP) is 2.91. The Morgan fingerprint density at radius 3 is 2.50 bits per heavy atom. The normalized spacial score (nSPS) is 17.4. The molecule has 0 bridgehead atoms. The quantitative estimate of drug-likeness (QED) is 0.919.